The number of amides is 1. The maximum atomic E-state index is 13.0. The van der Waals surface area contributed by atoms with Gasteiger partial charge in [-0.3, -0.25) is 19.7 Å². The van der Waals surface area contributed by atoms with E-state index in [4.69, 9.17) is 0 Å². The van der Waals surface area contributed by atoms with Gasteiger partial charge in [0, 0.05) is 18.6 Å². The van der Waals surface area contributed by atoms with E-state index in [-0.39, 0.29) is 40.5 Å². The van der Waals surface area contributed by atoms with Crippen LogP contribution in [0.15, 0.2) is 52.4 Å². The van der Waals surface area contributed by atoms with Crippen LogP contribution in [0.3, 0.4) is 0 Å². The molecule has 1 heterocycles. The summed E-state index contributed by atoms with van der Waals surface area (Å²) in [6, 6.07) is 8.43. The average molecular weight is 496 g/mol. The summed E-state index contributed by atoms with van der Waals surface area (Å²) >= 11 is 0.983. The molecule has 0 atom stereocenters. The van der Waals surface area contributed by atoms with Crippen molar-refractivity contribution in [2.45, 2.75) is 24.3 Å². The van der Waals surface area contributed by atoms with Crippen molar-refractivity contribution in [1.29, 1.82) is 0 Å². The number of esters is 1. The van der Waals surface area contributed by atoms with Crippen LogP contribution in [0.2, 0.25) is 0 Å². The molecular weight excluding hydrogens is 477 g/mol. The van der Waals surface area contributed by atoms with E-state index in [1.54, 1.807) is 0 Å². The number of methoxy groups -OCH3 is 1. The van der Waals surface area contributed by atoms with Crippen LogP contribution in [-0.2, 0) is 30.7 Å². The number of nitro groups is 1. The molecule has 10 nitrogen and oxygen atoms in total. The Hall–Kier alpha value is -3.45. The molecule has 1 amide bonds. The Morgan fingerprint density at radius 3 is 2.55 bits per heavy atom. The van der Waals surface area contributed by atoms with E-state index in [0.29, 0.717) is 10.2 Å². The van der Waals surface area contributed by atoms with Gasteiger partial charge >= 0.3 is 5.97 Å². The number of nitrogens with zero attached hydrogens (tertiary/aromatic N) is 3. The predicted octanol–water partition coefficient (Wildman–Crippen LogP) is 2.60. The van der Waals surface area contributed by atoms with Gasteiger partial charge in [0.2, 0.25) is 5.91 Å². The third-order valence-electron chi connectivity index (χ3n) is 4.59. The summed E-state index contributed by atoms with van der Waals surface area (Å²) in [4.78, 5) is 38.7. The zero-order valence-corrected chi connectivity index (χ0v) is 18.9. The minimum atomic E-state index is -3.69. The van der Waals surface area contributed by atoms with E-state index >= 15 is 0 Å². The van der Waals surface area contributed by atoms with Gasteiger partial charge in [0.15, 0.2) is 14.6 Å². The van der Waals surface area contributed by atoms with Gasteiger partial charge in [-0.15, -0.1) is 0 Å². The minimum Gasteiger partial charge on any atom is -0.468 e. The fraction of sp³-hybridized carbons (Fsp3) is 0.250. The second kappa shape index (κ2) is 10.0. The number of fused-ring (bicyclic) bond motifs is 1. The Bertz CT molecular complexity index is 1390. The highest BCUT2D eigenvalue weighted by atomic mass is 32.2. The Balaban J connectivity index is 1.82. The largest absolute Gasteiger partial charge is 0.468 e. The lowest BCUT2D eigenvalue weighted by atomic mass is 10.3. The number of benzene rings is 2. The number of thiazole rings is 1. The summed E-state index contributed by atoms with van der Waals surface area (Å²) in [6.45, 7) is -0.265. The molecule has 0 aliphatic heterocycles. The van der Waals surface area contributed by atoms with Crippen LogP contribution in [0, 0.1) is 15.9 Å². The molecule has 3 aromatic rings. The number of ether oxygens (including phenoxy) is 1. The maximum absolute atomic E-state index is 13.0. The summed E-state index contributed by atoms with van der Waals surface area (Å²) in [6.07, 6.45) is -0.206. The molecule has 13 heteroatoms. The number of halogens is 1. The highest BCUT2D eigenvalue weighted by Gasteiger charge is 2.17. The van der Waals surface area contributed by atoms with E-state index in [0.717, 1.165) is 35.6 Å². The third kappa shape index (κ3) is 5.87. The lowest BCUT2D eigenvalue weighted by Gasteiger charge is -2.04. The van der Waals surface area contributed by atoms with Crippen LogP contribution in [-0.4, -0.2) is 42.6 Å². The van der Waals surface area contributed by atoms with Crippen LogP contribution in [0.4, 0.5) is 10.1 Å². The van der Waals surface area contributed by atoms with Crippen molar-refractivity contribution in [1.82, 2.24) is 4.57 Å². The lowest BCUT2D eigenvalue weighted by Crippen LogP contribution is -2.22. The molecule has 0 bridgehead atoms. The van der Waals surface area contributed by atoms with Gasteiger partial charge < -0.3 is 9.30 Å². The Labute approximate surface area is 191 Å². The number of sulfone groups is 1. The third-order valence-corrected chi connectivity index (χ3v) is 7.45. The first-order chi connectivity index (χ1) is 15.6. The van der Waals surface area contributed by atoms with Gasteiger partial charge in [-0.25, -0.2) is 12.8 Å². The molecule has 0 unspecified atom stereocenters. The summed E-state index contributed by atoms with van der Waals surface area (Å²) < 4.78 is 44.2. The maximum Gasteiger partial charge on any atom is 0.325 e. The molecule has 2 aromatic carbocycles. The van der Waals surface area contributed by atoms with Gasteiger partial charge in [-0.2, -0.15) is 4.99 Å². The first kappa shape index (κ1) is 24.2. The predicted molar refractivity (Wildman–Crippen MR) is 117 cm³/mol. The van der Waals surface area contributed by atoms with Crippen LogP contribution < -0.4 is 4.80 Å². The summed E-state index contributed by atoms with van der Waals surface area (Å²) in [5, 5.41) is 11.0. The first-order valence-electron chi connectivity index (χ1n) is 9.51. The van der Waals surface area contributed by atoms with Gasteiger partial charge in [0.25, 0.3) is 5.69 Å². The smallest absolute Gasteiger partial charge is 0.325 e. The van der Waals surface area contributed by atoms with E-state index in [2.05, 4.69) is 9.73 Å². The second-order valence-electron chi connectivity index (χ2n) is 6.84. The second-order valence-corrected chi connectivity index (χ2v) is 9.96. The number of nitro benzene ring substituents is 1. The van der Waals surface area contributed by atoms with Crippen molar-refractivity contribution in [3.8, 4) is 0 Å². The molecule has 0 saturated carbocycles. The number of hydrogen-bond acceptors (Lipinski definition) is 8. The zero-order valence-electron chi connectivity index (χ0n) is 17.3. The fourth-order valence-electron chi connectivity index (χ4n) is 2.94. The van der Waals surface area contributed by atoms with Crippen LogP contribution >= 0.6 is 11.3 Å². The lowest BCUT2D eigenvalue weighted by molar-refractivity contribution is -0.384. The average Bonchev–Trinajstić information content (AvgIpc) is 3.09. The molecule has 0 spiro atoms. The van der Waals surface area contributed by atoms with Gasteiger partial charge in [-0.05, 0) is 36.8 Å². The van der Waals surface area contributed by atoms with Crippen molar-refractivity contribution in [2.75, 3.05) is 12.9 Å². The van der Waals surface area contributed by atoms with E-state index in [1.807, 2.05) is 0 Å². The van der Waals surface area contributed by atoms with Crippen molar-refractivity contribution in [3.63, 3.8) is 0 Å². The number of carbonyl (C=O) groups is 2. The SMILES string of the molecule is COC(=O)Cn1c(=NC(=O)CCCS(=O)(=O)c2ccc(F)cc2)sc2cc([N+](=O)[O-])ccc21. The first-order valence-corrected chi connectivity index (χ1v) is 12.0. The van der Waals surface area contributed by atoms with Crippen molar-refractivity contribution < 1.29 is 32.1 Å². The molecule has 33 heavy (non-hydrogen) atoms. The normalized spacial score (nSPS) is 12.1. The van der Waals surface area contributed by atoms with Crippen molar-refractivity contribution in [2.24, 2.45) is 4.99 Å². The molecular formula is C20H18FN3O7S2. The summed E-state index contributed by atoms with van der Waals surface area (Å²) in [5.74, 6) is -2.12. The number of non-ortho nitro benzene ring substituents is 1. The number of hydrogen-bond donors (Lipinski definition) is 0. The Morgan fingerprint density at radius 2 is 1.91 bits per heavy atom. The van der Waals surface area contributed by atoms with Crippen molar-refractivity contribution in [3.05, 3.63) is 63.2 Å². The fourth-order valence-corrected chi connectivity index (χ4v) is 5.33. The van der Waals surface area contributed by atoms with Gasteiger partial charge in [-0.1, -0.05) is 11.3 Å². The highest BCUT2D eigenvalue weighted by molar-refractivity contribution is 7.91. The van der Waals surface area contributed by atoms with Crippen molar-refractivity contribution >= 4 is 49.0 Å². The van der Waals surface area contributed by atoms with Crippen LogP contribution in [0.25, 0.3) is 10.2 Å². The monoisotopic (exact) mass is 495 g/mol. The standard InChI is InChI=1S/C20H18FN3O7S2/c1-31-19(26)12-23-16-9-6-14(24(27)28)11-17(16)32-20(23)22-18(25)3-2-10-33(29,30)15-7-4-13(21)5-8-15/h4-9,11H,2-3,10,12H2,1H3. The highest BCUT2D eigenvalue weighted by Crippen LogP contribution is 2.23. The molecule has 1 aromatic heterocycles. The molecule has 0 radical (unpaired) electrons. The number of carbonyl (C=O) groups excluding carboxylic acids is 2. The zero-order chi connectivity index (χ0) is 24.2. The van der Waals surface area contributed by atoms with Gasteiger partial charge in [0.05, 0.1) is 32.9 Å². The molecule has 0 N–H and O–H groups in total. The minimum absolute atomic E-state index is 0.0184. The van der Waals surface area contributed by atoms with E-state index in [9.17, 15) is 32.5 Å². The van der Waals surface area contributed by atoms with E-state index in [1.165, 1.54) is 29.9 Å². The molecule has 0 aliphatic carbocycles. The van der Waals surface area contributed by atoms with Crippen LogP contribution in [0.5, 0.6) is 0 Å². The molecule has 0 saturated heterocycles. The summed E-state index contributed by atoms with van der Waals surface area (Å²) in [7, 11) is -2.49. The van der Waals surface area contributed by atoms with E-state index < -0.39 is 32.5 Å². The van der Waals surface area contributed by atoms with Gasteiger partial charge in [0.1, 0.15) is 12.4 Å². The molecule has 0 fully saturated rings. The quantitative estimate of drug-likeness (QED) is 0.203. The number of aromatic nitrogens is 1. The topological polar surface area (TPSA) is 138 Å². The number of rotatable bonds is 8. The molecule has 174 valence electrons. The summed E-state index contributed by atoms with van der Waals surface area (Å²) in [5.41, 5.74) is 0.305. The van der Waals surface area contributed by atoms with Crippen LogP contribution in [0.1, 0.15) is 12.8 Å². The molecule has 3 rings (SSSR count). The Morgan fingerprint density at radius 1 is 1.21 bits per heavy atom. The Kier molecular flexibility index (Phi) is 7.33. The molecule has 0 aliphatic rings.